The average Bonchev–Trinajstić information content (AvgIpc) is 3.11. The van der Waals surface area contributed by atoms with Gasteiger partial charge in [0.05, 0.1) is 13.2 Å². The second-order valence-electron chi connectivity index (χ2n) is 12.7. The highest BCUT2D eigenvalue weighted by Gasteiger charge is 2.44. The number of rotatable bonds is 30. The summed E-state index contributed by atoms with van der Waals surface area (Å²) < 4.78 is 22.0. The molecule has 0 amide bonds. The molecule has 1 fully saturated rings. The lowest BCUT2D eigenvalue weighted by atomic mass is 9.99. The maximum atomic E-state index is 12.7. The van der Waals surface area contributed by atoms with Crippen molar-refractivity contribution in [1.82, 2.24) is 0 Å². The molecule has 0 radical (unpaired) electrons. The maximum absolute atomic E-state index is 12.7. The summed E-state index contributed by atoms with van der Waals surface area (Å²) in [7, 11) is 0. The first-order chi connectivity index (χ1) is 24.3. The zero-order chi connectivity index (χ0) is 36.7. The van der Waals surface area contributed by atoms with Gasteiger partial charge in [-0.2, -0.15) is 0 Å². The van der Waals surface area contributed by atoms with Crippen molar-refractivity contribution in [3.63, 3.8) is 0 Å². The molecular weight excluding hydrogens is 640 g/mol. The zero-order valence-electron chi connectivity index (χ0n) is 30.5. The Morgan fingerprint density at radius 3 is 1.82 bits per heavy atom. The van der Waals surface area contributed by atoms with Crippen molar-refractivity contribution in [2.75, 3.05) is 19.8 Å². The van der Waals surface area contributed by atoms with Gasteiger partial charge in [-0.25, -0.2) is 0 Å². The van der Waals surface area contributed by atoms with E-state index in [-0.39, 0.29) is 26.1 Å². The van der Waals surface area contributed by atoms with Gasteiger partial charge < -0.3 is 39.4 Å². The van der Waals surface area contributed by atoms with Gasteiger partial charge in [-0.15, -0.1) is 6.58 Å². The number of allylic oxidation sites excluding steroid dienone is 9. The van der Waals surface area contributed by atoms with Crippen LogP contribution >= 0.6 is 0 Å². The number of hydrogen-bond acceptors (Lipinski definition) is 10. The summed E-state index contributed by atoms with van der Waals surface area (Å²) in [5.41, 5.74) is 0. The fourth-order valence-corrected chi connectivity index (χ4v) is 5.29. The van der Waals surface area contributed by atoms with Crippen molar-refractivity contribution in [2.24, 2.45) is 0 Å². The fourth-order valence-electron chi connectivity index (χ4n) is 5.29. The van der Waals surface area contributed by atoms with Crippen molar-refractivity contribution >= 4 is 11.9 Å². The van der Waals surface area contributed by atoms with Gasteiger partial charge >= 0.3 is 11.9 Å². The van der Waals surface area contributed by atoms with Crippen molar-refractivity contribution in [3.8, 4) is 0 Å². The lowest BCUT2D eigenvalue weighted by Crippen LogP contribution is -2.59. The van der Waals surface area contributed by atoms with Crippen LogP contribution in [-0.4, -0.2) is 89.0 Å². The minimum absolute atomic E-state index is 0.203. The summed E-state index contributed by atoms with van der Waals surface area (Å²) in [6.07, 6.45) is 27.0. The summed E-state index contributed by atoms with van der Waals surface area (Å²) in [4.78, 5) is 25.1. The molecule has 0 saturated carbocycles. The Hall–Kier alpha value is -2.60. The molecule has 0 aromatic rings. The molecule has 0 aromatic carbocycles. The SMILES string of the molecule is C=CC/C=C/CCCCCCCC(=O)OC[C@H](CO[C@@H]1O[C@H](CO)[C@H](O)[C@H](O)[C@H]1O)OC(=O)CCCCCCC/C=C\C/C=C\C/C=C\CC. The molecule has 0 aromatic heterocycles. The molecule has 4 N–H and O–H groups in total. The highest BCUT2D eigenvalue weighted by Crippen LogP contribution is 2.22. The van der Waals surface area contributed by atoms with Gasteiger partial charge in [-0.05, 0) is 64.2 Å². The van der Waals surface area contributed by atoms with Crippen LogP contribution in [0, 0.1) is 0 Å². The van der Waals surface area contributed by atoms with Crippen molar-refractivity contribution in [3.05, 3.63) is 61.3 Å². The van der Waals surface area contributed by atoms with Gasteiger partial charge in [0.25, 0.3) is 0 Å². The number of carbonyl (C=O) groups is 2. The minimum atomic E-state index is -1.60. The molecule has 1 rings (SSSR count). The molecule has 10 heteroatoms. The summed E-state index contributed by atoms with van der Waals surface area (Å²) in [5.74, 6) is -0.860. The lowest BCUT2D eigenvalue weighted by molar-refractivity contribution is -0.305. The molecule has 0 spiro atoms. The van der Waals surface area contributed by atoms with Crippen LogP contribution in [0.25, 0.3) is 0 Å². The molecule has 1 heterocycles. The van der Waals surface area contributed by atoms with Crippen LogP contribution < -0.4 is 0 Å². The normalized spacial score (nSPS) is 21.8. The number of unbranched alkanes of at least 4 members (excludes halogenated alkanes) is 10. The molecule has 1 aliphatic heterocycles. The van der Waals surface area contributed by atoms with E-state index in [1.54, 1.807) is 0 Å². The van der Waals surface area contributed by atoms with E-state index in [1.807, 2.05) is 6.08 Å². The molecule has 286 valence electrons. The van der Waals surface area contributed by atoms with E-state index >= 15 is 0 Å². The first-order valence-electron chi connectivity index (χ1n) is 18.8. The largest absolute Gasteiger partial charge is 0.462 e. The van der Waals surface area contributed by atoms with Gasteiger partial charge in [0.2, 0.25) is 0 Å². The van der Waals surface area contributed by atoms with E-state index in [4.69, 9.17) is 18.9 Å². The molecule has 6 atom stereocenters. The number of aliphatic hydroxyl groups excluding tert-OH is 4. The number of aliphatic hydroxyl groups is 4. The molecular formula is C40H66O10. The second-order valence-corrected chi connectivity index (χ2v) is 12.7. The van der Waals surface area contributed by atoms with Crippen LogP contribution in [0.15, 0.2) is 61.3 Å². The highest BCUT2D eigenvalue weighted by atomic mass is 16.7. The van der Waals surface area contributed by atoms with E-state index in [9.17, 15) is 30.0 Å². The molecule has 0 aliphatic carbocycles. The van der Waals surface area contributed by atoms with Gasteiger partial charge in [0.1, 0.15) is 31.0 Å². The van der Waals surface area contributed by atoms with Gasteiger partial charge in [-0.1, -0.05) is 100 Å². The van der Waals surface area contributed by atoms with Crippen LogP contribution in [0.4, 0.5) is 0 Å². The molecule has 50 heavy (non-hydrogen) atoms. The predicted molar refractivity (Wildman–Crippen MR) is 196 cm³/mol. The standard InChI is InChI=1S/C40H66O10/c1-3-5-7-9-11-13-15-16-17-18-19-21-23-25-27-29-36(43)49-33(32-48-40-39(46)38(45)37(44)34(30-41)50-40)31-47-35(42)28-26-24-22-20-14-12-10-8-6-4-2/h4-5,7-8,10-11,13,16-17,33-34,37-41,44-46H,2-3,6,9,12,14-15,18-32H2,1H3/b7-5-,10-8+,13-11-,17-16-/t33-,34-,37+,38+,39-,40-/m1/s1. The van der Waals surface area contributed by atoms with Crippen LogP contribution in [0.3, 0.4) is 0 Å². The summed E-state index contributed by atoms with van der Waals surface area (Å²) in [6, 6.07) is 0. The number of esters is 2. The topological polar surface area (TPSA) is 152 Å². The molecule has 0 bridgehead atoms. The number of carbonyl (C=O) groups excluding carboxylic acids is 2. The van der Waals surface area contributed by atoms with Crippen molar-refractivity contribution in [1.29, 1.82) is 0 Å². The smallest absolute Gasteiger partial charge is 0.306 e. The first-order valence-corrected chi connectivity index (χ1v) is 18.8. The predicted octanol–water partition coefficient (Wildman–Crippen LogP) is 6.71. The van der Waals surface area contributed by atoms with Crippen molar-refractivity contribution < 1.29 is 49.0 Å². The third-order valence-electron chi connectivity index (χ3n) is 8.28. The van der Waals surface area contributed by atoms with Crippen LogP contribution in [0.1, 0.15) is 122 Å². The fraction of sp³-hybridized carbons (Fsp3) is 0.700. The summed E-state index contributed by atoms with van der Waals surface area (Å²) >= 11 is 0. The monoisotopic (exact) mass is 706 g/mol. The van der Waals surface area contributed by atoms with E-state index in [1.165, 1.54) is 0 Å². The van der Waals surface area contributed by atoms with Crippen LogP contribution in [0.2, 0.25) is 0 Å². The maximum Gasteiger partial charge on any atom is 0.306 e. The number of ether oxygens (including phenoxy) is 4. The second kappa shape index (κ2) is 31.2. The Balaban J connectivity index is 2.42. The van der Waals surface area contributed by atoms with Crippen LogP contribution in [0.5, 0.6) is 0 Å². The zero-order valence-corrected chi connectivity index (χ0v) is 30.5. The average molecular weight is 707 g/mol. The summed E-state index contributed by atoms with van der Waals surface area (Å²) in [6.45, 7) is 4.70. The molecule has 1 aliphatic rings. The minimum Gasteiger partial charge on any atom is -0.462 e. The summed E-state index contributed by atoms with van der Waals surface area (Å²) in [5, 5.41) is 39.9. The molecule has 1 saturated heterocycles. The van der Waals surface area contributed by atoms with Gasteiger partial charge in [-0.3, -0.25) is 9.59 Å². The highest BCUT2D eigenvalue weighted by molar-refractivity contribution is 5.70. The van der Waals surface area contributed by atoms with Crippen molar-refractivity contribution in [2.45, 2.75) is 159 Å². The van der Waals surface area contributed by atoms with Crippen LogP contribution in [-0.2, 0) is 28.5 Å². The quantitative estimate of drug-likeness (QED) is 0.0360. The first kappa shape index (κ1) is 45.4. The Morgan fingerprint density at radius 2 is 1.22 bits per heavy atom. The third kappa shape index (κ3) is 23.0. The van der Waals surface area contributed by atoms with Gasteiger partial charge in [0, 0.05) is 12.8 Å². The Kier molecular flexibility index (Phi) is 28.3. The number of hydrogen-bond donors (Lipinski definition) is 4. The van der Waals surface area contributed by atoms with E-state index in [2.05, 4.69) is 62.1 Å². The Labute approximate surface area is 300 Å². The molecule has 10 nitrogen and oxygen atoms in total. The van der Waals surface area contributed by atoms with E-state index in [0.717, 1.165) is 89.9 Å². The third-order valence-corrected chi connectivity index (χ3v) is 8.28. The Morgan fingerprint density at radius 1 is 0.680 bits per heavy atom. The lowest BCUT2D eigenvalue weighted by Gasteiger charge is -2.39. The van der Waals surface area contributed by atoms with E-state index in [0.29, 0.717) is 12.8 Å². The van der Waals surface area contributed by atoms with Gasteiger partial charge in [0.15, 0.2) is 12.4 Å². The Bertz CT molecular complexity index is 989. The van der Waals surface area contributed by atoms with E-state index < -0.39 is 55.4 Å². The molecule has 0 unspecified atom stereocenters.